The molecule has 1 aromatic rings. The van der Waals surface area contributed by atoms with Crippen molar-refractivity contribution in [1.29, 1.82) is 0 Å². The molecule has 0 saturated carbocycles. The van der Waals surface area contributed by atoms with E-state index in [1.807, 2.05) is 0 Å². The normalized spacial score (nSPS) is 11.8. The Labute approximate surface area is 121 Å². The van der Waals surface area contributed by atoms with Gasteiger partial charge in [-0.1, -0.05) is 23.2 Å². The van der Waals surface area contributed by atoms with E-state index in [9.17, 15) is 9.59 Å². The monoisotopic (exact) mass is 304 g/mol. The number of quaternary nitrogens is 1. The molecule has 0 unspecified atom stereocenters. The predicted molar refractivity (Wildman–Crippen MR) is 75.4 cm³/mol. The summed E-state index contributed by atoms with van der Waals surface area (Å²) in [5, 5.41) is 7.69. The van der Waals surface area contributed by atoms with Gasteiger partial charge in [-0.05, 0) is 25.1 Å². The van der Waals surface area contributed by atoms with Gasteiger partial charge in [0.05, 0.1) is 10.7 Å². The summed E-state index contributed by atoms with van der Waals surface area (Å²) in [5.41, 5.74) is 0.497. The molecule has 1 rings (SSSR count). The first-order chi connectivity index (χ1) is 8.93. The molecule has 1 atom stereocenters. The van der Waals surface area contributed by atoms with Crippen molar-refractivity contribution in [3.63, 3.8) is 0 Å². The first kappa shape index (κ1) is 15.8. The van der Waals surface area contributed by atoms with E-state index >= 15 is 0 Å². The maximum absolute atomic E-state index is 11.9. The lowest BCUT2D eigenvalue weighted by Gasteiger charge is -2.12. The van der Waals surface area contributed by atoms with Gasteiger partial charge in [-0.3, -0.25) is 9.59 Å². The van der Waals surface area contributed by atoms with Crippen LogP contribution in [0.4, 0.5) is 5.69 Å². The molecule has 0 aliphatic rings. The number of benzene rings is 1. The summed E-state index contributed by atoms with van der Waals surface area (Å²) < 4.78 is 0. The molecule has 0 aliphatic carbocycles. The molecule has 19 heavy (non-hydrogen) atoms. The minimum Gasteiger partial charge on any atom is -0.354 e. The SMILES string of the molecule is CNC(=O)C[NH2+][C@H](C)C(=O)Nc1ccc(Cl)cc1Cl. The Bertz CT molecular complexity index is 480. The van der Waals surface area contributed by atoms with Gasteiger partial charge < -0.3 is 16.0 Å². The molecular weight excluding hydrogens is 289 g/mol. The highest BCUT2D eigenvalue weighted by atomic mass is 35.5. The second-order valence-electron chi connectivity index (χ2n) is 4.02. The van der Waals surface area contributed by atoms with Crippen LogP contribution in [0.3, 0.4) is 0 Å². The van der Waals surface area contributed by atoms with Crippen LogP contribution in [0.25, 0.3) is 0 Å². The molecule has 0 fully saturated rings. The van der Waals surface area contributed by atoms with Gasteiger partial charge in [0, 0.05) is 12.1 Å². The number of rotatable bonds is 5. The van der Waals surface area contributed by atoms with Crippen LogP contribution in [0.5, 0.6) is 0 Å². The minimum atomic E-state index is -0.399. The lowest BCUT2D eigenvalue weighted by atomic mass is 10.2. The highest BCUT2D eigenvalue weighted by Crippen LogP contribution is 2.25. The summed E-state index contributed by atoms with van der Waals surface area (Å²) in [6, 6.07) is 4.43. The van der Waals surface area contributed by atoms with Gasteiger partial charge >= 0.3 is 0 Å². The van der Waals surface area contributed by atoms with E-state index in [1.165, 1.54) is 0 Å². The Kier molecular flexibility index (Phi) is 6.08. The highest BCUT2D eigenvalue weighted by Gasteiger charge is 2.18. The number of anilines is 1. The Morgan fingerprint density at radius 3 is 2.63 bits per heavy atom. The van der Waals surface area contributed by atoms with Gasteiger partial charge in [-0.25, -0.2) is 0 Å². The zero-order chi connectivity index (χ0) is 14.4. The molecular formula is C12H16Cl2N3O2+. The van der Waals surface area contributed by atoms with Crippen molar-refractivity contribution in [1.82, 2.24) is 5.32 Å². The van der Waals surface area contributed by atoms with Crippen molar-refractivity contribution < 1.29 is 14.9 Å². The van der Waals surface area contributed by atoms with Crippen LogP contribution < -0.4 is 16.0 Å². The van der Waals surface area contributed by atoms with Crippen molar-refractivity contribution in [2.24, 2.45) is 0 Å². The van der Waals surface area contributed by atoms with Crippen LogP contribution >= 0.6 is 23.2 Å². The molecule has 104 valence electrons. The smallest absolute Gasteiger partial charge is 0.282 e. The van der Waals surface area contributed by atoms with Crippen molar-refractivity contribution >= 4 is 40.7 Å². The second-order valence-corrected chi connectivity index (χ2v) is 4.86. The third-order valence-corrected chi connectivity index (χ3v) is 3.09. The van der Waals surface area contributed by atoms with E-state index in [1.54, 1.807) is 37.5 Å². The molecule has 0 bridgehead atoms. The lowest BCUT2D eigenvalue weighted by molar-refractivity contribution is -0.662. The summed E-state index contributed by atoms with van der Waals surface area (Å²) in [5.74, 6) is -0.364. The summed E-state index contributed by atoms with van der Waals surface area (Å²) >= 11 is 11.7. The molecule has 0 aliphatic heterocycles. The Balaban J connectivity index is 2.56. The van der Waals surface area contributed by atoms with Crippen LogP contribution in [0, 0.1) is 0 Å². The number of carbonyl (C=O) groups is 2. The average Bonchev–Trinajstić information content (AvgIpc) is 2.38. The quantitative estimate of drug-likeness (QED) is 0.746. The van der Waals surface area contributed by atoms with E-state index in [0.717, 1.165) is 0 Å². The summed E-state index contributed by atoms with van der Waals surface area (Å²) in [6.45, 7) is 1.90. The zero-order valence-electron chi connectivity index (χ0n) is 10.7. The highest BCUT2D eigenvalue weighted by molar-refractivity contribution is 6.36. The van der Waals surface area contributed by atoms with Crippen molar-refractivity contribution in [3.05, 3.63) is 28.2 Å². The number of hydrogen-bond donors (Lipinski definition) is 3. The molecule has 2 amide bonds. The predicted octanol–water partition coefficient (Wildman–Crippen LogP) is 0.630. The number of nitrogens with two attached hydrogens (primary N) is 1. The van der Waals surface area contributed by atoms with Crippen molar-refractivity contribution in [2.45, 2.75) is 13.0 Å². The van der Waals surface area contributed by atoms with Crippen LogP contribution in [-0.2, 0) is 9.59 Å². The van der Waals surface area contributed by atoms with Gasteiger partial charge in [0.1, 0.15) is 0 Å². The van der Waals surface area contributed by atoms with Gasteiger partial charge in [-0.2, -0.15) is 0 Å². The van der Waals surface area contributed by atoms with E-state index in [-0.39, 0.29) is 18.4 Å². The molecule has 0 aromatic heterocycles. The van der Waals surface area contributed by atoms with E-state index in [2.05, 4.69) is 10.6 Å². The topological polar surface area (TPSA) is 74.8 Å². The molecule has 1 aromatic carbocycles. The molecule has 0 saturated heterocycles. The third kappa shape index (κ3) is 5.06. The standard InChI is InChI=1S/C12H15Cl2N3O2/c1-7(16-6-11(18)15-2)12(19)17-10-4-3-8(13)5-9(10)14/h3-5,7,16H,6H2,1-2H3,(H,15,18)(H,17,19)/p+1/t7-/m1/s1. The van der Waals surface area contributed by atoms with Gasteiger partial charge in [-0.15, -0.1) is 0 Å². The Morgan fingerprint density at radius 2 is 2.05 bits per heavy atom. The fourth-order valence-electron chi connectivity index (χ4n) is 1.33. The van der Waals surface area contributed by atoms with Crippen LogP contribution in [0.2, 0.25) is 10.0 Å². The first-order valence-corrected chi connectivity index (χ1v) is 6.49. The number of hydrogen-bond acceptors (Lipinski definition) is 2. The lowest BCUT2D eigenvalue weighted by Crippen LogP contribution is -2.93. The van der Waals surface area contributed by atoms with Crippen LogP contribution in [0.15, 0.2) is 18.2 Å². The minimum absolute atomic E-state index is 0.135. The number of nitrogens with one attached hydrogen (secondary N) is 2. The number of halogens is 2. The van der Waals surface area contributed by atoms with Crippen LogP contribution in [-0.4, -0.2) is 31.4 Å². The number of amides is 2. The van der Waals surface area contributed by atoms with Gasteiger partial charge in [0.25, 0.3) is 11.8 Å². The van der Waals surface area contributed by atoms with Crippen molar-refractivity contribution in [2.75, 3.05) is 18.9 Å². The molecule has 7 heteroatoms. The molecule has 0 radical (unpaired) electrons. The summed E-state index contributed by atoms with van der Waals surface area (Å²) in [4.78, 5) is 23.0. The summed E-state index contributed by atoms with van der Waals surface area (Å²) in [7, 11) is 1.55. The fraction of sp³-hybridized carbons (Fsp3) is 0.333. The maximum Gasteiger partial charge on any atom is 0.282 e. The van der Waals surface area contributed by atoms with Crippen LogP contribution in [0.1, 0.15) is 6.92 Å². The number of carbonyl (C=O) groups excluding carboxylic acids is 2. The first-order valence-electron chi connectivity index (χ1n) is 5.74. The van der Waals surface area contributed by atoms with E-state index in [4.69, 9.17) is 23.2 Å². The number of likely N-dealkylation sites (N-methyl/N-ethyl adjacent to an activating group) is 1. The molecule has 0 spiro atoms. The van der Waals surface area contributed by atoms with Gasteiger partial charge in [0.15, 0.2) is 12.6 Å². The van der Waals surface area contributed by atoms with E-state index < -0.39 is 6.04 Å². The average molecular weight is 305 g/mol. The van der Waals surface area contributed by atoms with E-state index in [0.29, 0.717) is 15.7 Å². The fourth-order valence-corrected chi connectivity index (χ4v) is 1.79. The largest absolute Gasteiger partial charge is 0.354 e. The Hall–Kier alpha value is -1.30. The molecule has 0 heterocycles. The second kappa shape index (κ2) is 7.33. The third-order valence-electron chi connectivity index (χ3n) is 2.54. The molecule has 4 N–H and O–H groups in total. The van der Waals surface area contributed by atoms with Crippen molar-refractivity contribution in [3.8, 4) is 0 Å². The Morgan fingerprint density at radius 1 is 1.37 bits per heavy atom. The molecule has 5 nitrogen and oxygen atoms in total. The zero-order valence-corrected chi connectivity index (χ0v) is 12.2. The maximum atomic E-state index is 11.9. The van der Waals surface area contributed by atoms with Gasteiger partial charge in [0.2, 0.25) is 0 Å². The summed E-state index contributed by atoms with van der Waals surface area (Å²) in [6.07, 6.45) is 0.